The minimum Gasteiger partial charge on any atom is -0.369 e. The maximum absolute atomic E-state index is 12.7. The van der Waals surface area contributed by atoms with Crippen molar-refractivity contribution in [2.24, 2.45) is 0 Å². The third kappa shape index (κ3) is 3.81. The molecule has 0 atom stereocenters. The molecular weight excluding hydrogens is 334 g/mol. The Hall–Kier alpha value is -2.85. The highest BCUT2D eigenvalue weighted by Gasteiger charge is 2.15. The van der Waals surface area contributed by atoms with Gasteiger partial charge in [0, 0.05) is 43.1 Å². The number of fused-ring (bicyclic) bond motifs is 1. The minimum atomic E-state index is -0.0730. The standard InChI is InChI=1S/C23H25N3O/c1-17-15-21(26-13-11-25(2)12-14-26)9-10-22(17)24-23(27)20-8-7-18-5-3-4-6-19(18)16-20/h3-10,15-16H,11-14H2,1-2H3,(H,24,27). The SMILES string of the molecule is Cc1cc(N2CCN(C)CC2)ccc1NC(=O)c1ccc2ccccc2c1. The molecule has 4 rings (SSSR count). The zero-order chi connectivity index (χ0) is 18.8. The number of amides is 1. The first-order valence-corrected chi connectivity index (χ1v) is 9.44. The van der Waals surface area contributed by atoms with Gasteiger partial charge in [-0.2, -0.15) is 0 Å². The molecule has 3 aromatic carbocycles. The lowest BCUT2D eigenvalue weighted by Crippen LogP contribution is -2.44. The lowest BCUT2D eigenvalue weighted by molar-refractivity contribution is 0.102. The lowest BCUT2D eigenvalue weighted by Gasteiger charge is -2.34. The number of nitrogens with one attached hydrogen (secondary N) is 1. The topological polar surface area (TPSA) is 35.6 Å². The van der Waals surface area contributed by atoms with Gasteiger partial charge >= 0.3 is 0 Å². The zero-order valence-corrected chi connectivity index (χ0v) is 15.9. The summed E-state index contributed by atoms with van der Waals surface area (Å²) in [6, 6.07) is 20.2. The Balaban J connectivity index is 1.50. The summed E-state index contributed by atoms with van der Waals surface area (Å²) in [4.78, 5) is 17.5. The maximum Gasteiger partial charge on any atom is 0.255 e. The molecule has 1 saturated heterocycles. The van der Waals surface area contributed by atoms with Gasteiger partial charge in [0.25, 0.3) is 5.91 Å². The Morgan fingerprint density at radius 1 is 0.889 bits per heavy atom. The number of rotatable bonds is 3. The van der Waals surface area contributed by atoms with Gasteiger partial charge in [0.1, 0.15) is 0 Å². The summed E-state index contributed by atoms with van der Waals surface area (Å²) in [6.07, 6.45) is 0. The number of hydrogen-bond donors (Lipinski definition) is 1. The second kappa shape index (κ2) is 7.41. The number of piperazine rings is 1. The Bertz CT molecular complexity index is 974. The van der Waals surface area contributed by atoms with E-state index in [1.807, 2.05) is 42.5 Å². The molecule has 4 heteroatoms. The molecular formula is C23H25N3O. The van der Waals surface area contributed by atoms with E-state index in [1.54, 1.807) is 0 Å². The molecule has 0 aromatic heterocycles. The van der Waals surface area contributed by atoms with Crippen LogP contribution in [0.2, 0.25) is 0 Å². The predicted octanol–water partition coefficient (Wildman–Crippen LogP) is 4.15. The van der Waals surface area contributed by atoms with Crippen molar-refractivity contribution >= 4 is 28.1 Å². The van der Waals surface area contributed by atoms with E-state index in [9.17, 15) is 4.79 Å². The molecule has 0 radical (unpaired) electrons. The van der Waals surface area contributed by atoms with E-state index in [4.69, 9.17) is 0 Å². The van der Waals surface area contributed by atoms with Crippen molar-refractivity contribution in [1.82, 2.24) is 4.90 Å². The predicted molar refractivity (Wildman–Crippen MR) is 113 cm³/mol. The molecule has 0 bridgehead atoms. The van der Waals surface area contributed by atoms with E-state index in [0.717, 1.165) is 48.2 Å². The number of nitrogens with zero attached hydrogens (tertiary/aromatic N) is 2. The van der Waals surface area contributed by atoms with E-state index >= 15 is 0 Å². The minimum absolute atomic E-state index is 0.0730. The fourth-order valence-corrected chi connectivity index (χ4v) is 3.57. The number of carbonyl (C=O) groups is 1. The van der Waals surface area contributed by atoms with Crippen LogP contribution in [0, 0.1) is 6.92 Å². The van der Waals surface area contributed by atoms with Crippen molar-refractivity contribution < 1.29 is 4.79 Å². The van der Waals surface area contributed by atoms with Gasteiger partial charge in [0.05, 0.1) is 0 Å². The zero-order valence-electron chi connectivity index (χ0n) is 15.9. The molecule has 0 spiro atoms. The van der Waals surface area contributed by atoms with Crippen molar-refractivity contribution in [1.29, 1.82) is 0 Å². The summed E-state index contributed by atoms with van der Waals surface area (Å²) < 4.78 is 0. The smallest absolute Gasteiger partial charge is 0.255 e. The van der Waals surface area contributed by atoms with Crippen LogP contribution in [0.1, 0.15) is 15.9 Å². The highest BCUT2D eigenvalue weighted by molar-refractivity contribution is 6.06. The lowest BCUT2D eigenvalue weighted by atomic mass is 10.1. The first kappa shape index (κ1) is 17.6. The van der Waals surface area contributed by atoms with Gasteiger partial charge in [0.2, 0.25) is 0 Å². The third-order valence-corrected chi connectivity index (χ3v) is 5.34. The van der Waals surface area contributed by atoms with E-state index in [0.29, 0.717) is 5.56 Å². The van der Waals surface area contributed by atoms with Gasteiger partial charge in [-0.25, -0.2) is 0 Å². The molecule has 1 heterocycles. The normalized spacial score (nSPS) is 15.1. The summed E-state index contributed by atoms with van der Waals surface area (Å²) in [5.74, 6) is -0.0730. The van der Waals surface area contributed by atoms with Gasteiger partial charge < -0.3 is 15.1 Å². The van der Waals surface area contributed by atoms with Gasteiger partial charge in [0.15, 0.2) is 0 Å². The van der Waals surface area contributed by atoms with Crippen LogP contribution in [0.5, 0.6) is 0 Å². The van der Waals surface area contributed by atoms with Crippen LogP contribution < -0.4 is 10.2 Å². The number of benzene rings is 3. The Kier molecular flexibility index (Phi) is 4.82. The van der Waals surface area contributed by atoms with Gasteiger partial charge in [-0.3, -0.25) is 4.79 Å². The molecule has 3 aromatic rings. The molecule has 1 amide bonds. The average molecular weight is 359 g/mol. The van der Waals surface area contributed by atoms with Crippen LogP contribution in [-0.4, -0.2) is 44.0 Å². The number of likely N-dealkylation sites (N-methyl/N-ethyl adjacent to an activating group) is 1. The summed E-state index contributed by atoms with van der Waals surface area (Å²) in [5, 5.41) is 5.28. The Labute approximate surface area is 160 Å². The fraction of sp³-hybridized carbons (Fsp3) is 0.261. The molecule has 1 aliphatic rings. The maximum atomic E-state index is 12.7. The summed E-state index contributed by atoms with van der Waals surface area (Å²) in [5.41, 5.74) is 3.85. The Morgan fingerprint density at radius 2 is 1.63 bits per heavy atom. The monoisotopic (exact) mass is 359 g/mol. The average Bonchev–Trinajstić information content (AvgIpc) is 2.69. The molecule has 4 nitrogen and oxygen atoms in total. The first-order chi connectivity index (χ1) is 13.1. The number of carbonyl (C=O) groups excluding carboxylic acids is 1. The number of anilines is 2. The van der Waals surface area contributed by atoms with Crippen molar-refractivity contribution in [3.05, 3.63) is 71.8 Å². The second-order valence-electron chi connectivity index (χ2n) is 7.31. The number of hydrogen-bond acceptors (Lipinski definition) is 3. The molecule has 138 valence electrons. The van der Waals surface area contributed by atoms with Crippen LogP contribution in [0.25, 0.3) is 10.8 Å². The van der Waals surface area contributed by atoms with Crippen LogP contribution >= 0.6 is 0 Å². The van der Waals surface area contributed by atoms with Gasteiger partial charge in [-0.1, -0.05) is 30.3 Å². The van der Waals surface area contributed by atoms with Crippen molar-refractivity contribution in [3.8, 4) is 0 Å². The first-order valence-electron chi connectivity index (χ1n) is 9.44. The van der Waals surface area contributed by atoms with Crippen molar-refractivity contribution in [3.63, 3.8) is 0 Å². The van der Waals surface area contributed by atoms with E-state index in [2.05, 4.69) is 47.3 Å². The van der Waals surface area contributed by atoms with E-state index in [-0.39, 0.29) is 5.91 Å². The quantitative estimate of drug-likeness (QED) is 0.763. The molecule has 0 aliphatic carbocycles. The molecule has 1 fully saturated rings. The second-order valence-corrected chi connectivity index (χ2v) is 7.31. The third-order valence-electron chi connectivity index (χ3n) is 5.34. The van der Waals surface area contributed by atoms with E-state index in [1.165, 1.54) is 5.69 Å². The van der Waals surface area contributed by atoms with Gasteiger partial charge in [-0.15, -0.1) is 0 Å². The van der Waals surface area contributed by atoms with Crippen LogP contribution in [0.4, 0.5) is 11.4 Å². The van der Waals surface area contributed by atoms with Gasteiger partial charge in [-0.05, 0) is 60.6 Å². The molecule has 0 saturated carbocycles. The molecule has 1 N–H and O–H groups in total. The van der Waals surface area contributed by atoms with Crippen LogP contribution in [0.3, 0.4) is 0 Å². The number of aryl methyl sites for hydroxylation is 1. The molecule has 1 aliphatic heterocycles. The highest BCUT2D eigenvalue weighted by atomic mass is 16.1. The molecule has 0 unspecified atom stereocenters. The Morgan fingerprint density at radius 3 is 2.37 bits per heavy atom. The van der Waals surface area contributed by atoms with Crippen molar-refractivity contribution in [2.45, 2.75) is 6.92 Å². The molecule has 27 heavy (non-hydrogen) atoms. The summed E-state index contributed by atoms with van der Waals surface area (Å²) in [7, 11) is 2.16. The largest absolute Gasteiger partial charge is 0.369 e. The van der Waals surface area contributed by atoms with E-state index < -0.39 is 0 Å². The highest BCUT2D eigenvalue weighted by Crippen LogP contribution is 2.24. The van der Waals surface area contributed by atoms with Crippen LogP contribution in [0.15, 0.2) is 60.7 Å². The summed E-state index contributed by atoms with van der Waals surface area (Å²) in [6.45, 7) is 6.30. The summed E-state index contributed by atoms with van der Waals surface area (Å²) >= 11 is 0. The van der Waals surface area contributed by atoms with Crippen molar-refractivity contribution in [2.75, 3.05) is 43.4 Å². The van der Waals surface area contributed by atoms with Crippen LogP contribution in [-0.2, 0) is 0 Å². The fourth-order valence-electron chi connectivity index (χ4n) is 3.57.